The molecule has 2 heterocycles. The highest BCUT2D eigenvalue weighted by Crippen LogP contribution is 2.30. The van der Waals surface area contributed by atoms with Crippen LogP contribution in [0.15, 0.2) is 29.2 Å². The minimum Gasteiger partial charge on any atom is -0.326 e. The fourth-order valence-electron chi connectivity index (χ4n) is 3.28. The molecule has 2 aliphatic heterocycles. The van der Waals surface area contributed by atoms with Crippen LogP contribution in [-0.4, -0.2) is 44.8 Å². The van der Waals surface area contributed by atoms with E-state index in [1.165, 1.54) is 6.92 Å². The van der Waals surface area contributed by atoms with E-state index in [1.54, 1.807) is 28.6 Å². The number of piperidine rings is 1. The quantitative estimate of drug-likeness (QED) is 0.865. The van der Waals surface area contributed by atoms with Crippen molar-refractivity contribution in [1.29, 1.82) is 0 Å². The summed E-state index contributed by atoms with van der Waals surface area (Å²) in [5.41, 5.74) is 0.602. The van der Waals surface area contributed by atoms with Crippen LogP contribution in [0.1, 0.15) is 13.3 Å². The Balaban J connectivity index is 1.76. The Hall–Kier alpha value is -1.44. The fraction of sp³-hybridized carbons (Fsp3) is 0.533. The Morgan fingerprint density at radius 3 is 2.59 bits per heavy atom. The molecule has 1 aromatic carbocycles. The Labute approximate surface area is 130 Å². The SMILES string of the molecule is CC(=O)Nc1ccc(S(=O)(=O)N2CCC3CNCC3C2)cc1. The monoisotopic (exact) mass is 323 g/mol. The number of carbonyl (C=O) groups is 1. The molecule has 6 nitrogen and oxygen atoms in total. The van der Waals surface area contributed by atoms with Crippen molar-refractivity contribution in [2.45, 2.75) is 18.2 Å². The van der Waals surface area contributed by atoms with Crippen LogP contribution in [0.25, 0.3) is 0 Å². The zero-order valence-corrected chi connectivity index (χ0v) is 13.4. The maximum atomic E-state index is 12.7. The van der Waals surface area contributed by atoms with E-state index in [2.05, 4.69) is 10.6 Å². The molecule has 0 aromatic heterocycles. The highest BCUT2D eigenvalue weighted by Gasteiger charge is 2.37. The standard InChI is InChI=1S/C15H21N3O3S/c1-11(19)17-14-2-4-15(5-3-14)22(20,21)18-7-6-12-8-16-9-13(12)10-18/h2-5,12-13,16H,6-10H2,1H3,(H,17,19). The number of anilines is 1. The van der Waals surface area contributed by atoms with Gasteiger partial charge >= 0.3 is 0 Å². The second-order valence-electron chi connectivity index (χ2n) is 6.04. The third kappa shape index (κ3) is 3.02. The van der Waals surface area contributed by atoms with E-state index < -0.39 is 10.0 Å². The van der Waals surface area contributed by atoms with Gasteiger partial charge in [-0.15, -0.1) is 0 Å². The van der Waals surface area contributed by atoms with Gasteiger partial charge in [-0.3, -0.25) is 4.79 Å². The lowest BCUT2D eigenvalue weighted by molar-refractivity contribution is -0.114. The highest BCUT2D eigenvalue weighted by atomic mass is 32.2. The predicted octanol–water partition coefficient (Wildman–Crippen LogP) is 0.875. The molecule has 3 rings (SSSR count). The third-order valence-corrected chi connectivity index (χ3v) is 6.36. The van der Waals surface area contributed by atoms with Crippen LogP contribution in [0.5, 0.6) is 0 Å². The van der Waals surface area contributed by atoms with Crippen molar-refractivity contribution in [1.82, 2.24) is 9.62 Å². The number of amides is 1. The molecule has 2 atom stereocenters. The predicted molar refractivity (Wildman–Crippen MR) is 84.0 cm³/mol. The molecule has 0 aliphatic carbocycles. The van der Waals surface area contributed by atoms with Crippen molar-refractivity contribution in [3.8, 4) is 0 Å². The van der Waals surface area contributed by atoms with Gasteiger partial charge in [0.25, 0.3) is 0 Å². The van der Waals surface area contributed by atoms with Crippen molar-refractivity contribution in [2.75, 3.05) is 31.5 Å². The molecule has 2 unspecified atom stereocenters. The molecule has 0 radical (unpaired) electrons. The number of hydrogen-bond donors (Lipinski definition) is 2. The Morgan fingerprint density at radius 1 is 1.23 bits per heavy atom. The summed E-state index contributed by atoms with van der Waals surface area (Å²) in [5.74, 6) is 0.849. The van der Waals surface area contributed by atoms with Gasteiger partial charge in [-0.2, -0.15) is 4.31 Å². The first kappa shape index (κ1) is 15.5. The van der Waals surface area contributed by atoms with Crippen molar-refractivity contribution in [3.63, 3.8) is 0 Å². The molecule has 22 heavy (non-hydrogen) atoms. The van der Waals surface area contributed by atoms with Gasteiger partial charge in [-0.05, 0) is 55.6 Å². The molecule has 2 fully saturated rings. The average Bonchev–Trinajstić information content (AvgIpc) is 2.94. The molecular weight excluding hydrogens is 302 g/mol. The van der Waals surface area contributed by atoms with Crippen LogP contribution in [-0.2, 0) is 14.8 Å². The summed E-state index contributed by atoms with van der Waals surface area (Å²) in [6.07, 6.45) is 0.918. The maximum Gasteiger partial charge on any atom is 0.243 e. The van der Waals surface area contributed by atoms with E-state index in [0.717, 1.165) is 19.5 Å². The first-order valence-corrected chi connectivity index (χ1v) is 8.99. The van der Waals surface area contributed by atoms with Crippen LogP contribution < -0.4 is 10.6 Å². The largest absolute Gasteiger partial charge is 0.326 e. The van der Waals surface area contributed by atoms with Gasteiger partial charge < -0.3 is 10.6 Å². The zero-order valence-electron chi connectivity index (χ0n) is 12.6. The zero-order chi connectivity index (χ0) is 15.7. The molecule has 7 heteroatoms. The molecule has 1 amide bonds. The summed E-state index contributed by atoms with van der Waals surface area (Å²) in [4.78, 5) is 11.3. The molecular formula is C15H21N3O3S. The van der Waals surface area contributed by atoms with Gasteiger partial charge in [0.1, 0.15) is 0 Å². The molecule has 2 N–H and O–H groups in total. The first-order valence-electron chi connectivity index (χ1n) is 7.55. The van der Waals surface area contributed by atoms with Crippen LogP contribution in [0.3, 0.4) is 0 Å². The van der Waals surface area contributed by atoms with Crippen molar-refractivity contribution >= 4 is 21.6 Å². The highest BCUT2D eigenvalue weighted by molar-refractivity contribution is 7.89. The lowest BCUT2D eigenvalue weighted by Gasteiger charge is -2.33. The van der Waals surface area contributed by atoms with Gasteiger partial charge in [0.2, 0.25) is 15.9 Å². The van der Waals surface area contributed by atoms with Crippen molar-refractivity contribution < 1.29 is 13.2 Å². The van der Waals surface area contributed by atoms with Crippen LogP contribution >= 0.6 is 0 Å². The maximum absolute atomic E-state index is 12.7. The Kier molecular flexibility index (Phi) is 4.20. The minimum atomic E-state index is -3.45. The minimum absolute atomic E-state index is 0.175. The summed E-state index contributed by atoms with van der Waals surface area (Å²) in [6.45, 7) is 4.50. The summed E-state index contributed by atoms with van der Waals surface area (Å²) >= 11 is 0. The summed E-state index contributed by atoms with van der Waals surface area (Å²) in [6, 6.07) is 6.36. The lowest BCUT2D eigenvalue weighted by Crippen LogP contribution is -2.43. The third-order valence-electron chi connectivity index (χ3n) is 4.48. The van der Waals surface area contributed by atoms with Crippen molar-refractivity contribution in [3.05, 3.63) is 24.3 Å². The molecule has 0 bridgehead atoms. The lowest BCUT2D eigenvalue weighted by atomic mass is 9.90. The van der Waals surface area contributed by atoms with E-state index in [4.69, 9.17) is 0 Å². The first-order chi connectivity index (χ1) is 10.5. The number of fused-ring (bicyclic) bond motifs is 1. The Bertz CT molecular complexity index is 657. The van der Waals surface area contributed by atoms with Gasteiger partial charge in [-0.25, -0.2) is 8.42 Å². The average molecular weight is 323 g/mol. The fourth-order valence-corrected chi connectivity index (χ4v) is 4.79. The van der Waals surface area contributed by atoms with Crippen LogP contribution in [0.4, 0.5) is 5.69 Å². The van der Waals surface area contributed by atoms with E-state index >= 15 is 0 Å². The second-order valence-corrected chi connectivity index (χ2v) is 7.97. The van der Waals surface area contributed by atoms with E-state index in [9.17, 15) is 13.2 Å². The van der Waals surface area contributed by atoms with Gasteiger partial charge in [-0.1, -0.05) is 0 Å². The summed E-state index contributed by atoms with van der Waals surface area (Å²) in [7, 11) is -3.45. The molecule has 2 aliphatic rings. The smallest absolute Gasteiger partial charge is 0.243 e. The second kappa shape index (κ2) is 5.98. The molecule has 2 saturated heterocycles. The normalized spacial score (nSPS) is 25.7. The number of hydrogen-bond acceptors (Lipinski definition) is 4. The number of nitrogens with one attached hydrogen (secondary N) is 2. The van der Waals surface area contributed by atoms with E-state index in [-0.39, 0.29) is 10.8 Å². The Morgan fingerprint density at radius 2 is 1.91 bits per heavy atom. The number of benzene rings is 1. The van der Waals surface area contributed by atoms with Crippen LogP contribution in [0, 0.1) is 11.8 Å². The number of nitrogens with zero attached hydrogens (tertiary/aromatic N) is 1. The van der Waals surface area contributed by atoms with Crippen molar-refractivity contribution in [2.24, 2.45) is 11.8 Å². The molecule has 0 saturated carbocycles. The van der Waals surface area contributed by atoms with Gasteiger partial charge in [0.05, 0.1) is 4.90 Å². The topological polar surface area (TPSA) is 78.5 Å². The molecule has 0 spiro atoms. The van der Waals surface area contributed by atoms with Gasteiger partial charge in [0, 0.05) is 25.7 Å². The number of sulfonamides is 1. The summed E-state index contributed by atoms with van der Waals surface area (Å²) in [5, 5.41) is 5.98. The number of carbonyl (C=O) groups excluding carboxylic acids is 1. The van der Waals surface area contributed by atoms with Gasteiger partial charge in [0.15, 0.2) is 0 Å². The van der Waals surface area contributed by atoms with E-state index in [1.807, 2.05) is 0 Å². The molecule has 1 aromatic rings. The van der Waals surface area contributed by atoms with Crippen LogP contribution in [0.2, 0.25) is 0 Å². The van der Waals surface area contributed by atoms with E-state index in [0.29, 0.717) is 30.6 Å². The summed E-state index contributed by atoms with van der Waals surface area (Å²) < 4.78 is 27.0. The number of rotatable bonds is 3. The molecule has 120 valence electrons.